The predicted octanol–water partition coefficient (Wildman–Crippen LogP) is 3.81. The third kappa shape index (κ3) is 3.97. The minimum absolute atomic E-state index is 0.0487. The molecule has 2 rings (SSSR count). The molecule has 0 bridgehead atoms. The van der Waals surface area contributed by atoms with Crippen molar-refractivity contribution in [2.45, 2.75) is 59.0 Å². The minimum atomic E-state index is -0.507. The van der Waals surface area contributed by atoms with E-state index in [1.54, 1.807) is 0 Å². The Bertz CT molecular complexity index is 505. The van der Waals surface area contributed by atoms with E-state index in [-0.39, 0.29) is 12.1 Å². The summed E-state index contributed by atoms with van der Waals surface area (Å²) in [6, 6.07) is 7.89. The molecular formula is C17H25NO3. The Labute approximate surface area is 126 Å². The summed E-state index contributed by atoms with van der Waals surface area (Å²) in [5.74, 6) is 0.304. The van der Waals surface area contributed by atoms with Crippen LogP contribution in [0.2, 0.25) is 0 Å². The first-order chi connectivity index (χ1) is 9.78. The van der Waals surface area contributed by atoms with Crippen LogP contribution in [-0.2, 0) is 16.1 Å². The van der Waals surface area contributed by atoms with Crippen molar-refractivity contribution in [2.75, 3.05) is 0 Å². The number of carbonyl (C=O) groups excluding carboxylic acids is 1. The predicted molar refractivity (Wildman–Crippen MR) is 82.0 cm³/mol. The van der Waals surface area contributed by atoms with Crippen molar-refractivity contribution in [2.24, 2.45) is 5.92 Å². The van der Waals surface area contributed by atoms with E-state index in [2.05, 4.69) is 25.2 Å². The van der Waals surface area contributed by atoms with Gasteiger partial charge < -0.3 is 14.8 Å². The highest BCUT2D eigenvalue weighted by molar-refractivity contribution is 5.68. The van der Waals surface area contributed by atoms with Crippen LogP contribution in [0.5, 0.6) is 0 Å². The van der Waals surface area contributed by atoms with E-state index in [4.69, 9.17) is 9.47 Å². The molecule has 116 valence electrons. The number of hydrogen-bond acceptors (Lipinski definition) is 3. The molecule has 4 heteroatoms. The van der Waals surface area contributed by atoms with Crippen LogP contribution in [-0.4, -0.2) is 17.8 Å². The Hall–Kier alpha value is -1.55. The number of benzene rings is 1. The molecule has 1 amide bonds. The van der Waals surface area contributed by atoms with Crippen LogP contribution in [0.15, 0.2) is 24.3 Å². The van der Waals surface area contributed by atoms with Crippen molar-refractivity contribution in [3.63, 3.8) is 0 Å². The molecule has 21 heavy (non-hydrogen) atoms. The molecule has 4 nitrogen and oxygen atoms in total. The molecule has 1 aromatic rings. The first kappa shape index (κ1) is 15.8. The van der Waals surface area contributed by atoms with Crippen molar-refractivity contribution in [3.8, 4) is 0 Å². The molecule has 0 saturated heterocycles. The fourth-order valence-corrected chi connectivity index (χ4v) is 2.60. The Balaban J connectivity index is 2.22. The second-order valence-corrected chi connectivity index (χ2v) is 6.84. The van der Waals surface area contributed by atoms with Crippen molar-refractivity contribution in [1.29, 1.82) is 0 Å². The Kier molecular flexibility index (Phi) is 4.57. The largest absolute Gasteiger partial charge is 0.444 e. The normalized spacial score (nSPS) is 21.8. The van der Waals surface area contributed by atoms with Crippen molar-refractivity contribution < 1.29 is 14.3 Å². The first-order valence-electron chi connectivity index (χ1n) is 7.47. The van der Waals surface area contributed by atoms with Gasteiger partial charge in [-0.1, -0.05) is 38.1 Å². The van der Waals surface area contributed by atoms with E-state index < -0.39 is 11.7 Å². The Morgan fingerprint density at radius 3 is 2.62 bits per heavy atom. The van der Waals surface area contributed by atoms with E-state index >= 15 is 0 Å². The highest BCUT2D eigenvalue weighted by atomic mass is 16.6. The molecule has 0 fully saturated rings. The van der Waals surface area contributed by atoms with Gasteiger partial charge in [0.25, 0.3) is 0 Å². The van der Waals surface area contributed by atoms with Gasteiger partial charge >= 0.3 is 6.09 Å². The van der Waals surface area contributed by atoms with Crippen molar-refractivity contribution in [3.05, 3.63) is 35.4 Å². The second kappa shape index (κ2) is 6.06. The molecule has 2 atom stereocenters. The summed E-state index contributed by atoms with van der Waals surface area (Å²) < 4.78 is 11.3. The third-order valence-corrected chi connectivity index (χ3v) is 3.48. The van der Waals surface area contributed by atoms with Gasteiger partial charge in [-0.3, -0.25) is 0 Å². The lowest BCUT2D eigenvalue weighted by molar-refractivity contribution is -0.0317. The number of alkyl carbamates (subject to hydrolysis) is 1. The molecular weight excluding hydrogens is 266 g/mol. The van der Waals surface area contributed by atoms with E-state index in [0.29, 0.717) is 12.5 Å². The van der Waals surface area contributed by atoms with Gasteiger partial charge in [0.15, 0.2) is 0 Å². The zero-order valence-corrected chi connectivity index (χ0v) is 13.5. The zero-order chi connectivity index (χ0) is 15.6. The van der Waals surface area contributed by atoms with E-state index in [1.807, 2.05) is 39.0 Å². The molecule has 0 aromatic heterocycles. The van der Waals surface area contributed by atoms with Gasteiger partial charge in [0.05, 0.1) is 18.8 Å². The van der Waals surface area contributed by atoms with Gasteiger partial charge in [0, 0.05) is 0 Å². The third-order valence-electron chi connectivity index (χ3n) is 3.48. The maximum Gasteiger partial charge on any atom is 0.408 e. The fourth-order valence-electron chi connectivity index (χ4n) is 2.60. The molecule has 0 spiro atoms. The van der Waals surface area contributed by atoms with Gasteiger partial charge in [-0.15, -0.1) is 0 Å². The summed E-state index contributed by atoms with van der Waals surface area (Å²) in [7, 11) is 0. The molecule has 1 aliphatic rings. The number of fused-ring (bicyclic) bond motifs is 1. The Morgan fingerprint density at radius 1 is 1.33 bits per heavy atom. The fraction of sp³-hybridized carbons (Fsp3) is 0.588. The summed E-state index contributed by atoms with van der Waals surface area (Å²) >= 11 is 0. The lowest BCUT2D eigenvalue weighted by atomic mass is 9.88. The van der Waals surface area contributed by atoms with Crippen LogP contribution in [0.3, 0.4) is 0 Å². The molecule has 1 aromatic carbocycles. The summed E-state index contributed by atoms with van der Waals surface area (Å²) in [5.41, 5.74) is 1.73. The van der Waals surface area contributed by atoms with Crippen LogP contribution in [0.4, 0.5) is 4.79 Å². The number of carbonyl (C=O) groups is 1. The lowest BCUT2D eigenvalue weighted by Crippen LogP contribution is -2.44. The van der Waals surface area contributed by atoms with E-state index in [9.17, 15) is 4.79 Å². The van der Waals surface area contributed by atoms with Crippen LogP contribution in [0.1, 0.15) is 51.8 Å². The highest BCUT2D eigenvalue weighted by Gasteiger charge is 2.34. The molecule has 0 aliphatic carbocycles. The smallest absolute Gasteiger partial charge is 0.408 e. The quantitative estimate of drug-likeness (QED) is 0.901. The number of rotatable bonds is 2. The number of amides is 1. The molecule has 1 N–H and O–H groups in total. The summed E-state index contributed by atoms with van der Waals surface area (Å²) in [4.78, 5) is 12.1. The van der Waals surface area contributed by atoms with E-state index in [1.165, 1.54) is 0 Å². The molecule has 1 heterocycles. The highest BCUT2D eigenvalue weighted by Crippen LogP contribution is 2.33. The summed E-state index contributed by atoms with van der Waals surface area (Å²) in [5, 5.41) is 2.98. The molecule has 1 aliphatic heterocycles. The van der Waals surface area contributed by atoms with Gasteiger partial charge in [-0.2, -0.15) is 0 Å². The van der Waals surface area contributed by atoms with Crippen LogP contribution >= 0.6 is 0 Å². The number of ether oxygens (including phenoxy) is 2. The van der Waals surface area contributed by atoms with Gasteiger partial charge in [-0.05, 0) is 37.8 Å². The average molecular weight is 291 g/mol. The lowest BCUT2D eigenvalue weighted by Gasteiger charge is -2.36. The standard InChI is InChI=1S/C17H25NO3/c1-11(2)15-14(18-16(19)21-17(3,4)5)13-9-7-6-8-12(13)10-20-15/h6-9,11,14-15H,10H2,1-5H3,(H,18,19)/t14-,15+/m1/s1. The van der Waals surface area contributed by atoms with Crippen molar-refractivity contribution in [1.82, 2.24) is 5.32 Å². The van der Waals surface area contributed by atoms with Crippen molar-refractivity contribution >= 4 is 6.09 Å². The summed E-state index contributed by atoms with van der Waals surface area (Å²) in [6.45, 7) is 10.4. The van der Waals surface area contributed by atoms with Crippen LogP contribution < -0.4 is 5.32 Å². The van der Waals surface area contributed by atoms with E-state index in [0.717, 1.165) is 11.1 Å². The topological polar surface area (TPSA) is 47.6 Å². The molecule has 0 saturated carbocycles. The first-order valence-corrected chi connectivity index (χ1v) is 7.47. The molecule has 0 radical (unpaired) electrons. The van der Waals surface area contributed by atoms with Gasteiger partial charge in [-0.25, -0.2) is 4.79 Å². The number of nitrogens with one attached hydrogen (secondary N) is 1. The maximum absolute atomic E-state index is 12.1. The van der Waals surface area contributed by atoms with Gasteiger partial charge in [0.1, 0.15) is 5.60 Å². The summed E-state index contributed by atoms with van der Waals surface area (Å²) in [6.07, 6.45) is -0.453. The SMILES string of the molecule is CC(C)[C@@H]1OCc2ccccc2[C@H]1NC(=O)OC(C)(C)C. The van der Waals surface area contributed by atoms with Gasteiger partial charge in [0.2, 0.25) is 0 Å². The second-order valence-electron chi connectivity index (χ2n) is 6.84. The minimum Gasteiger partial charge on any atom is -0.444 e. The average Bonchev–Trinajstić information content (AvgIpc) is 2.36. The molecule has 0 unspecified atom stereocenters. The van der Waals surface area contributed by atoms with Crippen LogP contribution in [0, 0.1) is 5.92 Å². The maximum atomic E-state index is 12.1. The monoisotopic (exact) mass is 291 g/mol. The van der Waals surface area contributed by atoms with Crippen LogP contribution in [0.25, 0.3) is 0 Å². The zero-order valence-electron chi connectivity index (χ0n) is 13.5. The Morgan fingerprint density at radius 2 is 2.00 bits per heavy atom. The number of hydrogen-bond donors (Lipinski definition) is 1.